The lowest BCUT2D eigenvalue weighted by Crippen LogP contribution is -2.25. The molecule has 34 heavy (non-hydrogen) atoms. The first kappa shape index (κ1) is 24.5. The van der Waals surface area contributed by atoms with Crippen molar-refractivity contribution in [3.05, 3.63) is 76.8 Å². The number of halogens is 1. The summed E-state index contributed by atoms with van der Waals surface area (Å²) in [7, 11) is 4.31. The lowest BCUT2D eigenvalue weighted by molar-refractivity contribution is -0.118. The van der Waals surface area contributed by atoms with Crippen LogP contribution in [0.3, 0.4) is 0 Å². The van der Waals surface area contributed by atoms with Crippen LogP contribution in [-0.2, 0) is 9.59 Å². The van der Waals surface area contributed by atoms with Crippen LogP contribution < -0.4 is 24.8 Å². The molecular formula is C25H23ClN2O6. The topological polar surface area (TPSA) is 106 Å². The lowest BCUT2D eigenvalue weighted by atomic mass is 10.1. The number of carbonyl (C=O) groups excluding carboxylic acids is 2. The number of para-hydroxylation sites is 4. The van der Waals surface area contributed by atoms with Crippen LogP contribution in [0.25, 0.3) is 6.08 Å². The van der Waals surface area contributed by atoms with Gasteiger partial charge >= 0.3 is 0 Å². The molecule has 0 saturated carbocycles. The Morgan fingerprint density at radius 1 is 0.794 bits per heavy atom. The fourth-order valence-electron chi connectivity index (χ4n) is 3.11. The van der Waals surface area contributed by atoms with E-state index in [-0.39, 0.29) is 22.1 Å². The zero-order valence-electron chi connectivity index (χ0n) is 18.7. The number of carbonyl (C=O) groups is 2. The van der Waals surface area contributed by atoms with E-state index in [1.165, 1.54) is 39.5 Å². The molecule has 0 spiro atoms. The maximum atomic E-state index is 13.2. The van der Waals surface area contributed by atoms with E-state index in [0.717, 1.165) is 0 Å². The molecular weight excluding hydrogens is 460 g/mol. The molecule has 0 radical (unpaired) electrons. The van der Waals surface area contributed by atoms with Gasteiger partial charge in [0.25, 0.3) is 11.8 Å². The number of ether oxygens (including phenoxy) is 3. The number of benzene rings is 3. The quantitative estimate of drug-likeness (QED) is 0.243. The molecule has 0 aliphatic rings. The minimum absolute atomic E-state index is 0.000207. The number of phenolic OH excluding ortho intramolecular Hbond substituents is 1. The molecule has 0 aromatic heterocycles. The average molecular weight is 483 g/mol. The third-order valence-electron chi connectivity index (χ3n) is 4.78. The Labute approximate surface area is 201 Å². The van der Waals surface area contributed by atoms with Gasteiger partial charge in [0.15, 0.2) is 11.5 Å². The lowest BCUT2D eigenvalue weighted by Gasteiger charge is -2.14. The summed E-state index contributed by atoms with van der Waals surface area (Å²) in [6, 6.07) is 16.5. The molecule has 3 aromatic carbocycles. The third-order valence-corrected chi connectivity index (χ3v) is 5.07. The van der Waals surface area contributed by atoms with Crippen molar-refractivity contribution in [2.24, 2.45) is 0 Å². The molecule has 0 unspecified atom stereocenters. The number of amides is 2. The van der Waals surface area contributed by atoms with Crippen molar-refractivity contribution >= 4 is 40.9 Å². The maximum absolute atomic E-state index is 13.2. The Hall–Kier alpha value is -4.17. The zero-order valence-corrected chi connectivity index (χ0v) is 19.5. The van der Waals surface area contributed by atoms with E-state index >= 15 is 0 Å². The van der Waals surface area contributed by atoms with Crippen molar-refractivity contribution in [1.29, 1.82) is 0 Å². The van der Waals surface area contributed by atoms with E-state index < -0.39 is 11.8 Å². The molecule has 3 N–H and O–H groups in total. The van der Waals surface area contributed by atoms with E-state index in [9.17, 15) is 14.7 Å². The maximum Gasteiger partial charge on any atom is 0.261 e. The summed E-state index contributed by atoms with van der Waals surface area (Å²) in [5, 5.41) is 15.4. The highest BCUT2D eigenvalue weighted by atomic mass is 35.5. The first-order valence-corrected chi connectivity index (χ1v) is 10.4. The summed E-state index contributed by atoms with van der Waals surface area (Å²) in [6.07, 6.45) is 1.34. The van der Waals surface area contributed by atoms with Crippen LogP contribution in [0.4, 0.5) is 11.4 Å². The number of rotatable bonds is 8. The Bertz CT molecular complexity index is 1180. The van der Waals surface area contributed by atoms with Crippen LogP contribution in [0.15, 0.2) is 66.2 Å². The molecule has 0 aliphatic carbocycles. The van der Waals surface area contributed by atoms with Gasteiger partial charge in [0.05, 0.1) is 37.7 Å². The monoisotopic (exact) mass is 482 g/mol. The van der Waals surface area contributed by atoms with E-state index in [1.54, 1.807) is 48.5 Å². The van der Waals surface area contributed by atoms with Gasteiger partial charge in [0.1, 0.15) is 17.1 Å². The largest absolute Gasteiger partial charge is 0.503 e. The standard InChI is InChI=1S/C25H23ClN2O6/c1-32-20-10-6-4-8-18(20)27-24(30)16(12-15-13-17(26)23(29)22(14-15)34-3)25(31)28-19-9-5-7-11-21(19)33-2/h4-14,29H,1-3H3,(H,27,30)(H,28,31). The number of anilines is 2. The van der Waals surface area contributed by atoms with Crippen molar-refractivity contribution in [3.8, 4) is 23.0 Å². The van der Waals surface area contributed by atoms with Crippen molar-refractivity contribution in [1.82, 2.24) is 0 Å². The first-order valence-electron chi connectivity index (χ1n) is 10.0. The number of aromatic hydroxyl groups is 1. The Balaban J connectivity index is 2.03. The number of nitrogens with one attached hydrogen (secondary N) is 2. The highest BCUT2D eigenvalue weighted by Crippen LogP contribution is 2.36. The van der Waals surface area contributed by atoms with Gasteiger partial charge in [0.2, 0.25) is 0 Å². The second kappa shape index (κ2) is 11.1. The van der Waals surface area contributed by atoms with Crippen LogP contribution in [0, 0.1) is 0 Å². The van der Waals surface area contributed by atoms with Gasteiger partial charge in [-0.05, 0) is 48.0 Å². The van der Waals surface area contributed by atoms with Crippen LogP contribution in [0.2, 0.25) is 5.02 Å². The van der Waals surface area contributed by atoms with Gasteiger partial charge in [-0.2, -0.15) is 0 Å². The summed E-state index contributed by atoms with van der Waals surface area (Å²) in [5.74, 6) is -0.697. The fraction of sp³-hybridized carbons (Fsp3) is 0.120. The molecule has 0 atom stereocenters. The van der Waals surface area contributed by atoms with E-state index in [4.69, 9.17) is 25.8 Å². The van der Waals surface area contributed by atoms with E-state index in [0.29, 0.717) is 28.4 Å². The highest BCUT2D eigenvalue weighted by Gasteiger charge is 2.22. The normalized spacial score (nSPS) is 10.1. The van der Waals surface area contributed by atoms with Gasteiger partial charge in [-0.25, -0.2) is 0 Å². The van der Waals surface area contributed by atoms with Crippen LogP contribution in [0.5, 0.6) is 23.0 Å². The molecule has 3 aromatic rings. The first-order chi connectivity index (χ1) is 16.4. The molecule has 0 bridgehead atoms. The predicted octanol–water partition coefficient (Wildman–Crippen LogP) is 4.73. The van der Waals surface area contributed by atoms with Crippen LogP contribution in [-0.4, -0.2) is 38.3 Å². The Morgan fingerprint density at radius 2 is 1.26 bits per heavy atom. The summed E-state index contributed by atoms with van der Waals surface area (Å²) in [6.45, 7) is 0. The van der Waals surface area contributed by atoms with Crippen molar-refractivity contribution in [3.63, 3.8) is 0 Å². The average Bonchev–Trinajstić information content (AvgIpc) is 2.84. The number of hydrogen-bond acceptors (Lipinski definition) is 6. The minimum Gasteiger partial charge on any atom is -0.503 e. The van der Waals surface area contributed by atoms with Gasteiger partial charge in [-0.1, -0.05) is 35.9 Å². The smallest absolute Gasteiger partial charge is 0.261 e. The van der Waals surface area contributed by atoms with Crippen molar-refractivity contribution < 1.29 is 28.9 Å². The Kier molecular flexibility index (Phi) is 8.00. The van der Waals surface area contributed by atoms with Gasteiger partial charge in [-0.3, -0.25) is 9.59 Å². The van der Waals surface area contributed by atoms with E-state index in [1.807, 2.05) is 0 Å². The second-order valence-electron chi connectivity index (χ2n) is 6.92. The van der Waals surface area contributed by atoms with Gasteiger partial charge in [-0.15, -0.1) is 0 Å². The number of methoxy groups -OCH3 is 3. The van der Waals surface area contributed by atoms with Gasteiger partial charge in [0, 0.05) is 0 Å². The summed E-state index contributed by atoms with van der Waals surface area (Å²) < 4.78 is 15.7. The molecule has 0 fully saturated rings. The highest BCUT2D eigenvalue weighted by molar-refractivity contribution is 6.33. The fourth-order valence-corrected chi connectivity index (χ4v) is 3.33. The molecule has 8 nitrogen and oxygen atoms in total. The SMILES string of the molecule is COc1ccccc1NC(=O)C(=Cc1cc(Cl)c(O)c(OC)c1)C(=O)Nc1ccccc1OC. The molecule has 176 valence electrons. The van der Waals surface area contributed by atoms with Crippen molar-refractivity contribution in [2.45, 2.75) is 0 Å². The van der Waals surface area contributed by atoms with Crippen molar-refractivity contribution in [2.75, 3.05) is 32.0 Å². The summed E-state index contributed by atoms with van der Waals surface area (Å²) in [4.78, 5) is 26.5. The molecule has 0 saturated heterocycles. The molecule has 0 heterocycles. The minimum atomic E-state index is -0.694. The molecule has 0 aliphatic heterocycles. The summed E-state index contributed by atoms with van der Waals surface area (Å²) in [5.41, 5.74) is 0.889. The molecule has 3 rings (SSSR count). The molecule has 9 heteroatoms. The van der Waals surface area contributed by atoms with Gasteiger partial charge < -0.3 is 30.0 Å². The number of hydrogen-bond donors (Lipinski definition) is 3. The zero-order chi connectivity index (χ0) is 24.7. The van der Waals surface area contributed by atoms with Crippen LogP contribution in [0.1, 0.15) is 5.56 Å². The Morgan fingerprint density at radius 3 is 1.74 bits per heavy atom. The second-order valence-corrected chi connectivity index (χ2v) is 7.33. The third kappa shape index (κ3) is 5.60. The molecule has 2 amide bonds. The van der Waals surface area contributed by atoms with Crippen LogP contribution >= 0.6 is 11.6 Å². The summed E-state index contributed by atoms with van der Waals surface area (Å²) >= 11 is 6.09. The van der Waals surface area contributed by atoms with E-state index in [2.05, 4.69) is 10.6 Å². The number of phenols is 1. The predicted molar refractivity (Wildman–Crippen MR) is 131 cm³/mol.